The molecule has 2 rings (SSSR count). The van der Waals surface area contributed by atoms with Crippen molar-refractivity contribution in [2.45, 2.75) is 25.2 Å². The molecule has 1 saturated heterocycles. The van der Waals surface area contributed by atoms with Crippen LogP contribution < -0.4 is 5.32 Å². The second-order valence-corrected chi connectivity index (χ2v) is 6.14. The Balaban J connectivity index is 1.97. The van der Waals surface area contributed by atoms with Crippen LogP contribution >= 0.6 is 11.8 Å². The van der Waals surface area contributed by atoms with E-state index in [9.17, 15) is 9.59 Å². The summed E-state index contributed by atoms with van der Waals surface area (Å²) >= 11 is 1.65. The average Bonchev–Trinajstić information content (AvgIpc) is 2.54. The molecule has 1 fully saturated rings. The summed E-state index contributed by atoms with van der Waals surface area (Å²) in [4.78, 5) is 24.1. The van der Waals surface area contributed by atoms with Crippen LogP contribution in [0.15, 0.2) is 30.3 Å². The van der Waals surface area contributed by atoms with E-state index in [-0.39, 0.29) is 6.61 Å². The van der Waals surface area contributed by atoms with Crippen LogP contribution in [0.3, 0.4) is 0 Å². The summed E-state index contributed by atoms with van der Waals surface area (Å²) in [5.74, 6) is 0.717. The van der Waals surface area contributed by atoms with Gasteiger partial charge in [-0.15, -0.1) is 0 Å². The second kappa shape index (κ2) is 8.21. The number of nitrogens with one attached hydrogen (secondary N) is 1. The molecule has 1 atom stereocenters. The van der Waals surface area contributed by atoms with Gasteiger partial charge in [-0.25, -0.2) is 9.59 Å². The van der Waals surface area contributed by atoms with Crippen molar-refractivity contribution in [1.29, 1.82) is 0 Å². The largest absolute Gasteiger partial charge is 0.467 e. The third-order valence-corrected chi connectivity index (χ3v) is 4.95. The highest BCUT2D eigenvalue weighted by atomic mass is 32.2. The van der Waals surface area contributed by atoms with Crippen molar-refractivity contribution in [2.75, 3.05) is 25.2 Å². The zero-order valence-corrected chi connectivity index (χ0v) is 14.1. The first-order valence-electron chi connectivity index (χ1n) is 7.38. The molecule has 0 bridgehead atoms. The number of esters is 1. The standard InChI is InChI=1S/C16H21NO5S/c1-3-22-16(10-23-11-16)13(14(18)20-2)17-15(19)21-9-12-7-5-4-6-8-12/h4-8,13H,3,9-11H2,1-2H3,(H,17,19). The van der Waals surface area contributed by atoms with E-state index in [0.717, 1.165) is 5.56 Å². The topological polar surface area (TPSA) is 73.9 Å². The van der Waals surface area contributed by atoms with Gasteiger partial charge in [0.05, 0.1) is 7.11 Å². The molecule has 0 aromatic heterocycles. The fourth-order valence-electron chi connectivity index (χ4n) is 2.33. The van der Waals surface area contributed by atoms with E-state index >= 15 is 0 Å². The Morgan fingerprint density at radius 3 is 2.52 bits per heavy atom. The quantitative estimate of drug-likeness (QED) is 0.766. The van der Waals surface area contributed by atoms with Gasteiger partial charge in [-0.05, 0) is 12.5 Å². The number of carbonyl (C=O) groups excluding carboxylic acids is 2. The van der Waals surface area contributed by atoms with Gasteiger partial charge in [0, 0.05) is 18.1 Å². The first-order chi connectivity index (χ1) is 11.1. The van der Waals surface area contributed by atoms with Crippen LogP contribution in [-0.2, 0) is 25.6 Å². The van der Waals surface area contributed by atoms with E-state index < -0.39 is 23.7 Å². The summed E-state index contributed by atoms with van der Waals surface area (Å²) in [6.45, 7) is 2.44. The molecule has 1 amide bonds. The lowest BCUT2D eigenvalue weighted by Gasteiger charge is -2.44. The minimum Gasteiger partial charge on any atom is -0.467 e. The molecule has 1 aliphatic rings. The van der Waals surface area contributed by atoms with Crippen molar-refractivity contribution in [1.82, 2.24) is 5.32 Å². The van der Waals surface area contributed by atoms with Gasteiger partial charge in [0.1, 0.15) is 12.2 Å². The molecule has 23 heavy (non-hydrogen) atoms. The van der Waals surface area contributed by atoms with Crippen LogP contribution in [0.1, 0.15) is 12.5 Å². The van der Waals surface area contributed by atoms with E-state index in [2.05, 4.69) is 5.32 Å². The number of thioether (sulfide) groups is 1. The number of alkyl carbamates (subject to hydrolysis) is 1. The van der Waals surface area contributed by atoms with E-state index in [1.165, 1.54) is 7.11 Å². The lowest BCUT2D eigenvalue weighted by molar-refractivity contribution is -0.152. The predicted molar refractivity (Wildman–Crippen MR) is 87.2 cm³/mol. The van der Waals surface area contributed by atoms with Gasteiger partial charge >= 0.3 is 12.1 Å². The number of methoxy groups -OCH3 is 1. The average molecular weight is 339 g/mol. The smallest absolute Gasteiger partial charge is 0.408 e. The molecular weight excluding hydrogens is 318 g/mol. The first-order valence-corrected chi connectivity index (χ1v) is 8.53. The molecular formula is C16H21NO5S. The van der Waals surface area contributed by atoms with E-state index in [4.69, 9.17) is 14.2 Å². The van der Waals surface area contributed by atoms with Crippen LogP contribution in [0.2, 0.25) is 0 Å². The molecule has 0 spiro atoms. The SMILES string of the molecule is CCOC1(C(NC(=O)OCc2ccccc2)C(=O)OC)CSC1. The van der Waals surface area contributed by atoms with Crippen molar-refractivity contribution < 1.29 is 23.8 Å². The van der Waals surface area contributed by atoms with Crippen LogP contribution in [-0.4, -0.2) is 48.9 Å². The summed E-state index contributed by atoms with van der Waals surface area (Å²) in [6.07, 6.45) is -0.666. The Labute approximate surface area is 139 Å². The number of benzene rings is 1. The lowest BCUT2D eigenvalue weighted by Crippen LogP contribution is -2.65. The first kappa shape index (κ1) is 17.6. The fraction of sp³-hybridized carbons (Fsp3) is 0.500. The molecule has 1 unspecified atom stereocenters. The van der Waals surface area contributed by atoms with Crippen LogP contribution in [0.5, 0.6) is 0 Å². The van der Waals surface area contributed by atoms with E-state index in [1.807, 2.05) is 37.3 Å². The van der Waals surface area contributed by atoms with Crippen molar-refractivity contribution in [3.8, 4) is 0 Å². The Hall–Kier alpha value is -1.73. The van der Waals surface area contributed by atoms with Gasteiger partial charge < -0.3 is 19.5 Å². The van der Waals surface area contributed by atoms with E-state index in [0.29, 0.717) is 18.1 Å². The molecule has 1 aliphatic heterocycles. The fourth-order valence-corrected chi connectivity index (χ4v) is 3.44. The molecule has 0 saturated carbocycles. The van der Waals surface area contributed by atoms with E-state index in [1.54, 1.807) is 11.8 Å². The summed E-state index contributed by atoms with van der Waals surface area (Å²) in [5.41, 5.74) is 0.147. The third-order valence-electron chi connectivity index (χ3n) is 3.56. The minimum absolute atomic E-state index is 0.136. The molecule has 1 aromatic carbocycles. The monoisotopic (exact) mass is 339 g/mol. The molecule has 0 aliphatic carbocycles. The highest BCUT2D eigenvalue weighted by Crippen LogP contribution is 2.36. The zero-order valence-electron chi connectivity index (χ0n) is 13.2. The zero-order chi connectivity index (χ0) is 16.7. The highest BCUT2D eigenvalue weighted by Gasteiger charge is 2.51. The molecule has 1 heterocycles. The molecule has 6 nitrogen and oxygen atoms in total. The van der Waals surface area contributed by atoms with Gasteiger partial charge in [-0.1, -0.05) is 30.3 Å². The molecule has 7 heteroatoms. The van der Waals surface area contributed by atoms with Crippen LogP contribution in [0.25, 0.3) is 0 Å². The normalized spacial score (nSPS) is 16.8. The Kier molecular flexibility index (Phi) is 6.29. The Morgan fingerprint density at radius 2 is 2.00 bits per heavy atom. The molecule has 126 valence electrons. The van der Waals surface area contributed by atoms with Gasteiger partial charge in [-0.2, -0.15) is 11.8 Å². The number of ether oxygens (including phenoxy) is 3. The minimum atomic E-state index is -0.878. The Morgan fingerprint density at radius 1 is 1.30 bits per heavy atom. The van der Waals surface area contributed by atoms with Gasteiger partial charge in [0.25, 0.3) is 0 Å². The second-order valence-electron chi connectivity index (χ2n) is 5.15. The highest BCUT2D eigenvalue weighted by molar-refractivity contribution is 8.00. The van der Waals surface area contributed by atoms with Crippen molar-refractivity contribution >= 4 is 23.8 Å². The van der Waals surface area contributed by atoms with Gasteiger partial charge in [-0.3, -0.25) is 0 Å². The van der Waals surface area contributed by atoms with Gasteiger partial charge in [0.15, 0.2) is 6.04 Å². The molecule has 0 radical (unpaired) electrons. The molecule has 1 N–H and O–H groups in total. The number of amides is 1. The summed E-state index contributed by atoms with van der Waals surface area (Å²) < 4.78 is 15.7. The van der Waals surface area contributed by atoms with Crippen LogP contribution in [0.4, 0.5) is 4.79 Å². The Bertz CT molecular complexity index is 533. The number of hydrogen-bond donors (Lipinski definition) is 1. The van der Waals surface area contributed by atoms with Crippen molar-refractivity contribution in [3.05, 3.63) is 35.9 Å². The maximum Gasteiger partial charge on any atom is 0.408 e. The number of hydrogen-bond acceptors (Lipinski definition) is 6. The molecule has 1 aromatic rings. The predicted octanol–water partition coefficient (Wildman–Crippen LogP) is 1.98. The van der Waals surface area contributed by atoms with Crippen LogP contribution in [0, 0.1) is 0 Å². The maximum atomic E-state index is 12.1. The van der Waals surface area contributed by atoms with Crippen molar-refractivity contribution in [3.63, 3.8) is 0 Å². The van der Waals surface area contributed by atoms with Crippen molar-refractivity contribution in [2.24, 2.45) is 0 Å². The summed E-state index contributed by atoms with van der Waals surface area (Å²) in [5, 5.41) is 2.59. The maximum absolute atomic E-state index is 12.1. The number of carbonyl (C=O) groups is 2. The summed E-state index contributed by atoms with van der Waals surface area (Å²) in [6, 6.07) is 8.45. The summed E-state index contributed by atoms with van der Waals surface area (Å²) in [7, 11) is 1.29. The number of rotatable bonds is 7. The third kappa shape index (κ3) is 4.39. The van der Waals surface area contributed by atoms with Gasteiger partial charge in [0.2, 0.25) is 0 Å². The lowest BCUT2D eigenvalue weighted by atomic mass is 9.97.